The molecule has 4 heterocycles. The van der Waals surface area contributed by atoms with Gasteiger partial charge in [0, 0.05) is 65.3 Å². The Balaban J connectivity index is 0.000000189. The topological polar surface area (TPSA) is 323 Å². The van der Waals surface area contributed by atoms with Gasteiger partial charge >= 0.3 is 30.1 Å². The fourth-order valence-electron chi connectivity index (χ4n) is 16.2. The molecule has 6 aromatic rings. The van der Waals surface area contributed by atoms with Crippen LogP contribution in [0.25, 0.3) is 0 Å². The minimum atomic E-state index is -1.25. The molecule has 678 valence electrons. The van der Waals surface area contributed by atoms with Gasteiger partial charge in [0.05, 0.1) is 25.9 Å². The molecule has 26 nitrogen and oxygen atoms in total. The van der Waals surface area contributed by atoms with Gasteiger partial charge in [-0.2, -0.15) is 0 Å². The molecule has 6 aromatic carbocycles. The molecule has 3 saturated carbocycles. The molecular formula is C98H117Cl3N8O18. The molecule has 11 atom stereocenters. The van der Waals surface area contributed by atoms with Crippen molar-refractivity contribution in [3.63, 3.8) is 0 Å². The highest BCUT2D eigenvalue weighted by atomic mass is 35.5. The number of allylic oxidation sites excluding steroid dienone is 2. The monoisotopic (exact) mass is 1800 g/mol. The number of nitrogens with zero attached hydrogens (tertiary/aromatic N) is 2. The normalized spacial score (nSPS) is 23.0. The molecule has 0 bridgehead atoms. The number of nitrogens with one attached hydrogen (secondary N) is 6. The van der Waals surface area contributed by atoms with Crippen LogP contribution in [0.15, 0.2) is 178 Å². The van der Waals surface area contributed by atoms with Crippen LogP contribution in [-0.4, -0.2) is 147 Å². The first-order valence-corrected chi connectivity index (χ1v) is 44.8. The lowest BCUT2D eigenvalue weighted by Crippen LogP contribution is -2.60. The van der Waals surface area contributed by atoms with E-state index >= 15 is 0 Å². The number of carbonyl (C=O) groups excluding carboxylic acids is 10. The average molecular weight is 1800 g/mol. The lowest BCUT2D eigenvalue weighted by molar-refractivity contribution is -0.151. The summed E-state index contributed by atoms with van der Waals surface area (Å²) >= 11 is 18.3. The minimum absolute atomic E-state index is 0.101. The van der Waals surface area contributed by atoms with Gasteiger partial charge in [-0.05, 0) is 251 Å². The molecule has 7 aliphatic rings. The number of rotatable bonds is 27. The second-order valence-electron chi connectivity index (χ2n) is 34.8. The summed E-state index contributed by atoms with van der Waals surface area (Å²) in [7, 11) is 0. The molecule has 0 saturated heterocycles. The minimum Gasteiger partial charge on any atom is -0.464 e. The quantitative estimate of drug-likeness (QED) is 0.0121. The Bertz CT molecular complexity index is 5090. The number of amides is 7. The lowest BCUT2D eigenvalue weighted by Gasteiger charge is -2.39. The van der Waals surface area contributed by atoms with Crippen LogP contribution < -0.4 is 46.1 Å². The van der Waals surface area contributed by atoms with Crippen LogP contribution in [-0.2, 0) is 101 Å². The summed E-state index contributed by atoms with van der Waals surface area (Å²) in [6.45, 7) is 28.5. The first-order chi connectivity index (χ1) is 60.6. The van der Waals surface area contributed by atoms with E-state index in [0.717, 1.165) is 71.9 Å². The van der Waals surface area contributed by atoms with Crippen molar-refractivity contribution in [2.24, 2.45) is 17.8 Å². The zero-order valence-corrected chi connectivity index (χ0v) is 76.0. The van der Waals surface area contributed by atoms with E-state index in [4.69, 9.17) is 72.7 Å². The van der Waals surface area contributed by atoms with E-state index in [2.05, 4.69) is 51.6 Å². The Kier molecular flexibility index (Phi) is 32.7. The van der Waals surface area contributed by atoms with Crippen LogP contribution in [0.1, 0.15) is 179 Å². The van der Waals surface area contributed by atoms with E-state index in [0.29, 0.717) is 107 Å². The summed E-state index contributed by atoms with van der Waals surface area (Å²) in [5.41, 5.74) is 0.505. The SMILES string of the molecule is C=CCCCCC[C@H](NC(=O)OC(C)(C)C)C(=O)N1Cc2ccc(Oc3cccc(Cl)c3)cc2C[C@H]1C(=O)N[C@]1(C(=O)OCC)C[C@H]1C=C.C=C[C@@H]1C[C@]1(NC(=O)[C@@H]1Cc2cc(Oc3cccc(Cl)c3)ccc2CN1)C(=O)OCC.CCOC(=O)[C@@]12C[C@H]1/C=C\CCCCC[C@H](NC(=O)OC(C)(C)C)C(=O)N1Cc3ccc(Oc4cccc(Cl)c4)cc3C[C@H]1C(=O)N2. The molecule has 0 spiro atoms. The Labute approximate surface area is 758 Å². The molecule has 29 heteroatoms. The number of benzene rings is 6. The zero-order valence-electron chi connectivity index (χ0n) is 73.7. The van der Waals surface area contributed by atoms with Crippen molar-refractivity contribution >= 4 is 94.4 Å². The van der Waals surface area contributed by atoms with Crippen molar-refractivity contribution in [2.75, 3.05) is 19.8 Å². The first-order valence-electron chi connectivity index (χ1n) is 43.6. The molecule has 7 amide bonds. The predicted octanol–water partition coefficient (Wildman–Crippen LogP) is 17.0. The van der Waals surface area contributed by atoms with Crippen LogP contribution >= 0.6 is 34.8 Å². The number of ether oxygens (including phenoxy) is 8. The van der Waals surface area contributed by atoms with E-state index in [1.165, 1.54) is 9.80 Å². The van der Waals surface area contributed by atoms with Gasteiger partial charge in [0.1, 0.15) is 86.5 Å². The van der Waals surface area contributed by atoms with Gasteiger partial charge < -0.3 is 79.6 Å². The number of esters is 3. The summed E-state index contributed by atoms with van der Waals surface area (Å²) in [4.78, 5) is 138. The molecular weight excluding hydrogens is 1680 g/mol. The van der Waals surface area contributed by atoms with Gasteiger partial charge in [-0.15, -0.1) is 19.7 Å². The number of hydrogen-bond acceptors (Lipinski definition) is 19. The number of alkyl carbamates (subject to hydrolysis) is 2. The fraction of sp³-hybridized carbons (Fsp3) is 0.449. The average Bonchev–Trinajstić information content (AvgIpc) is 1.60. The summed E-state index contributed by atoms with van der Waals surface area (Å²) in [6, 6.07) is 33.9. The third-order valence-electron chi connectivity index (χ3n) is 23.0. The van der Waals surface area contributed by atoms with Crippen LogP contribution in [0.5, 0.6) is 34.5 Å². The Hall–Kier alpha value is -11.2. The number of halogens is 3. The molecule has 3 aliphatic carbocycles. The van der Waals surface area contributed by atoms with Crippen molar-refractivity contribution < 1.29 is 85.8 Å². The van der Waals surface area contributed by atoms with Crippen molar-refractivity contribution in [2.45, 2.75) is 243 Å². The molecule has 0 radical (unpaired) electrons. The first kappa shape index (κ1) is 96.4. The van der Waals surface area contributed by atoms with Crippen LogP contribution in [0.2, 0.25) is 15.1 Å². The maximum Gasteiger partial charge on any atom is 0.408 e. The highest BCUT2D eigenvalue weighted by Crippen LogP contribution is 2.49. The van der Waals surface area contributed by atoms with E-state index in [9.17, 15) is 47.9 Å². The van der Waals surface area contributed by atoms with E-state index in [-0.39, 0.29) is 75.3 Å². The van der Waals surface area contributed by atoms with Crippen LogP contribution in [0.4, 0.5) is 9.59 Å². The van der Waals surface area contributed by atoms with Gasteiger partial charge in [-0.25, -0.2) is 24.0 Å². The Morgan fingerprint density at radius 3 is 1.58 bits per heavy atom. The van der Waals surface area contributed by atoms with E-state index < -0.39 is 106 Å². The summed E-state index contributed by atoms with van der Waals surface area (Å²) in [5.74, 6) is -0.454. The largest absolute Gasteiger partial charge is 0.464 e. The van der Waals surface area contributed by atoms with Crippen LogP contribution in [0, 0.1) is 17.8 Å². The number of carbonyl (C=O) groups is 10. The molecule has 0 unspecified atom stereocenters. The van der Waals surface area contributed by atoms with E-state index in [1.54, 1.807) is 141 Å². The van der Waals surface area contributed by atoms with Gasteiger partial charge in [0.2, 0.25) is 29.5 Å². The van der Waals surface area contributed by atoms with Crippen LogP contribution in [0.3, 0.4) is 0 Å². The van der Waals surface area contributed by atoms with E-state index in [1.807, 2.05) is 78.9 Å². The summed E-state index contributed by atoms with van der Waals surface area (Å²) < 4.78 is 44.9. The molecule has 4 aliphatic heterocycles. The van der Waals surface area contributed by atoms with Crippen molar-refractivity contribution in [1.82, 2.24) is 41.7 Å². The second kappa shape index (κ2) is 43.1. The van der Waals surface area contributed by atoms with Gasteiger partial charge in [-0.3, -0.25) is 24.0 Å². The number of unbranched alkanes of at least 4 members (excludes halogenated alkanes) is 3. The molecule has 127 heavy (non-hydrogen) atoms. The highest BCUT2D eigenvalue weighted by Gasteiger charge is 2.64. The van der Waals surface area contributed by atoms with Gasteiger partial charge in [0.25, 0.3) is 0 Å². The third kappa shape index (κ3) is 25.6. The van der Waals surface area contributed by atoms with Gasteiger partial charge in [0.15, 0.2) is 0 Å². The van der Waals surface area contributed by atoms with Crippen molar-refractivity contribution in [3.8, 4) is 34.5 Å². The fourth-order valence-corrected chi connectivity index (χ4v) is 16.8. The maximum atomic E-state index is 14.4. The molecule has 0 aromatic heterocycles. The lowest BCUT2D eigenvalue weighted by atomic mass is 9.91. The van der Waals surface area contributed by atoms with Gasteiger partial charge in [-0.1, -0.05) is 127 Å². The van der Waals surface area contributed by atoms with Crippen molar-refractivity contribution in [3.05, 3.63) is 226 Å². The molecule has 13 rings (SSSR count). The maximum absolute atomic E-state index is 14.4. The smallest absolute Gasteiger partial charge is 0.408 e. The number of fused-ring (bicyclic) bond motifs is 5. The Morgan fingerprint density at radius 2 is 1.06 bits per heavy atom. The molecule has 3 fully saturated rings. The molecule has 6 N–H and O–H groups in total. The summed E-state index contributed by atoms with van der Waals surface area (Å²) in [6.07, 6.45) is 17.1. The predicted molar refractivity (Wildman–Crippen MR) is 483 cm³/mol. The third-order valence-corrected chi connectivity index (χ3v) is 23.7. The summed E-state index contributed by atoms with van der Waals surface area (Å²) in [5, 5.41) is 19.3. The second-order valence-corrected chi connectivity index (χ2v) is 36.1. The Morgan fingerprint density at radius 1 is 0.559 bits per heavy atom. The zero-order chi connectivity index (χ0) is 91.5. The highest BCUT2D eigenvalue weighted by molar-refractivity contribution is 6.31. The number of hydrogen-bond donors (Lipinski definition) is 6. The van der Waals surface area contributed by atoms with Crippen molar-refractivity contribution in [1.29, 1.82) is 0 Å². The standard InChI is InChI=1S/C38H48ClN3O7.C36H44ClN3O7.C24H25ClN2O4/c1-7-10-11-12-13-17-31(40-36(46)49-37(4,5)6)34(44)42-24-25-18-19-30(48-29-16-14-15-28(39)22-29)20-26(25)21-32(42)33(43)41-38(23-27(38)8-2)35(45)47-9-3;1-5-45-33(43)36-21-25(36)12-9-7-6-8-10-15-29(38-34(44)47-35(2,3)4)32(42)40-22-23-16-17-28(46-27-14-11-13-26(37)20-27)18-24(23)19-30(40)31(41)39-36;1-3-17-13-24(17,23(29)30-4-2)27-22(28)21-11-16-10-20(9-8-15(16)14-26-21)31-19-7-5-6-18(25)12-19/h7-8,14-16,18-20,22,27,31-32H,1-2,9-13,17,21,23-24H2,3-6H3,(H,40,46)(H,41,43);9,11-14,16-18,20,25,29-30H,5-8,10,15,19,21-22H2,1-4H3,(H,38,44)(H,39,41);3,5-10,12,17,21,26H,1,4,11,13-14H2,2H3,(H,27,28)/b;12-9-;/t27-,31+,32+,38-;25-,29+,30+,36-;17-,21+,24-/m111/s1.